The van der Waals surface area contributed by atoms with Crippen molar-refractivity contribution in [1.82, 2.24) is 9.55 Å². The van der Waals surface area contributed by atoms with Crippen molar-refractivity contribution in [3.63, 3.8) is 0 Å². The molecule has 0 radical (unpaired) electrons. The van der Waals surface area contributed by atoms with Gasteiger partial charge in [-0.15, -0.1) is 0 Å². The second-order valence-corrected chi connectivity index (χ2v) is 5.88. The SMILES string of the molecule is O=[N+]([O-])c1ccc(N2CCC(Cn3ccnc3)CC2)c([N+](=O)[O-])c1. The molecule has 126 valence electrons. The summed E-state index contributed by atoms with van der Waals surface area (Å²) < 4.78 is 2.04. The first-order valence-electron chi connectivity index (χ1n) is 7.68. The summed E-state index contributed by atoms with van der Waals surface area (Å²) in [5.74, 6) is 0.493. The third-order valence-corrected chi connectivity index (χ3v) is 4.35. The van der Waals surface area contributed by atoms with E-state index in [1.165, 1.54) is 12.1 Å². The molecule has 1 saturated heterocycles. The fourth-order valence-corrected chi connectivity index (χ4v) is 3.09. The minimum absolute atomic E-state index is 0.211. The summed E-state index contributed by atoms with van der Waals surface area (Å²) in [6.07, 6.45) is 7.27. The average molecular weight is 331 g/mol. The van der Waals surface area contributed by atoms with Gasteiger partial charge in [-0.2, -0.15) is 0 Å². The largest absolute Gasteiger partial charge is 0.366 e. The van der Waals surface area contributed by atoms with Crippen LogP contribution in [0.5, 0.6) is 0 Å². The van der Waals surface area contributed by atoms with E-state index in [1.54, 1.807) is 12.5 Å². The van der Waals surface area contributed by atoms with Crippen LogP contribution in [-0.2, 0) is 6.54 Å². The number of benzene rings is 1. The molecule has 9 nitrogen and oxygen atoms in total. The zero-order valence-corrected chi connectivity index (χ0v) is 12.9. The average Bonchev–Trinajstić information content (AvgIpc) is 3.08. The van der Waals surface area contributed by atoms with E-state index < -0.39 is 9.85 Å². The zero-order chi connectivity index (χ0) is 17.1. The van der Waals surface area contributed by atoms with Gasteiger partial charge in [0.2, 0.25) is 0 Å². The van der Waals surface area contributed by atoms with Crippen LogP contribution < -0.4 is 4.90 Å². The third-order valence-electron chi connectivity index (χ3n) is 4.35. The summed E-state index contributed by atoms with van der Waals surface area (Å²) in [6.45, 7) is 2.27. The van der Waals surface area contributed by atoms with E-state index in [9.17, 15) is 20.2 Å². The number of aromatic nitrogens is 2. The summed E-state index contributed by atoms with van der Waals surface area (Å²) in [5.41, 5.74) is -0.0237. The van der Waals surface area contributed by atoms with Gasteiger partial charge in [0, 0.05) is 38.1 Å². The fraction of sp³-hybridized carbons (Fsp3) is 0.400. The molecule has 0 bridgehead atoms. The highest BCUT2D eigenvalue weighted by atomic mass is 16.6. The number of anilines is 1. The smallest absolute Gasteiger partial charge is 0.299 e. The van der Waals surface area contributed by atoms with Crippen LogP contribution >= 0.6 is 0 Å². The molecule has 0 N–H and O–H groups in total. The standard InChI is InChI=1S/C15H17N5O4/c21-19(22)13-1-2-14(15(9-13)20(23)24)18-6-3-12(4-7-18)10-17-8-5-16-11-17/h1-2,5,8-9,11-12H,3-4,6-7,10H2. The van der Waals surface area contributed by atoms with E-state index >= 15 is 0 Å². The molecule has 0 amide bonds. The molecular formula is C15H17N5O4. The molecule has 3 rings (SSSR count). The lowest BCUT2D eigenvalue weighted by atomic mass is 9.96. The number of nitro benzene ring substituents is 2. The van der Waals surface area contributed by atoms with Gasteiger partial charge < -0.3 is 9.47 Å². The number of imidazole rings is 1. The van der Waals surface area contributed by atoms with Gasteiger partial charge in [-0.05, 0) is 24.8 Å². The summed E-state index contributed by atoms with van der Waals surface area (Å²) >= 11 is 0. The molecule has 1 aliphatic rings. The van der Waals surface area contributed by atoms with Crippen LogP contribution in [0.25, 0.3) is 0 Å². The predicted molar refractivity (Wildman–Crippen MR) is 86.9 cm³/mol. The molecule has 0 atom stereocenters. The molecule has 1 fully saturated rings. The van der Waals surface area contributed by atoms with Crippen LogP contribution in [0.15, 0.2) is 36.9 Å². The second kappa shape index (κ2) is 6.65. The Morgan fingerprint density at radius 1 is 1.17 bits per heavy atom. The molecule has 2 aromatic rings. The highest BCUT2D eigenvalue weighted by Crippen LogP contribution is 2.34. The van der Waals surface area contributed by atoms with Crippen LogP contribution in [0.2, 0.25) is 0 Å². The monoisotopic (exact) mass is 331 g/mol. The number of nitrogens with zero attached hydrogens (tertiary/aromatic N) is 5. The van der Waals surface area contributed by atoms with Crippen LogP contribution in [0.1, 0.15) is 12.8 Å². The summed E-state index contributed by atoms with van der Waals surface area (Å²) in [5, 5.41) is 22.1. The van der Waals surface area contributed by atoms with Crippen molar-refractivity contribution in [2.45, 2.75) is 19.4 Å². The maximum absolute atomic E-state index is 11.3. The van der Waals surface area contributed by atoms with Gasteiger partial charge in [0.05, 0.1) is 22.2 Å². The quantitative estimate of drug-likeness (QED) is 0.615. The number of piperidine rings is 1. The lowest BCUT2D eigenvalue weighted by Crippen LogP contribution is -2.35. The minimum Gasteiger partial charge on any atom is -0.366 e. The first-order valence-corrected chi connectivity index (χ1v) is 7.68. The molecule has 0 spiro atoms. The normalized spacial score (nSPS) is 15.4. The summed E-state index contributed by atoms with van der Waals surface area (Å²) in [7, 11) is 0. The Balaban J connectivity index is 1.71. The Kier molecular flexibility index (Phi) is 4.41. The Labute approximate surface area is 137 Å². The maximum Gasteiger partial charge on any atom is 0.299 e. The highest BCUT2D eigenvalue weighted by molar-refractivity contribution is 5.67. The van der Waals surface area contributed by atoms with Crippen LogP contribution in [0.4, 0.5) is 17.1 Å². The molecule has 1 aliphatic heterocycles. The lowest BCUT2D eigenvalue weighted by molar-refractivity contribution is -0.393. The predicted octanol–water partition coefficient (Wildman–Crippen LogP) is 2.62. The van der Waals surface area contributed by atoms with E-state index in [4.69, 9.17) is 0 Å². The van der Waals surface area contributed by atoms with Crippen LogP contribution in [-0.4, -0.2) is 32.5 Å². The van der Waals surface area contributed by atoms with E-state index in [-0.39, 0.29) is 11.4 Å². The molecule has 0 saturated carbocycles. The van der Waals surface area contributed by atoms with Gasteiger partial charge in [-0.25, -0.2) is 4.98 Å². The Bertz CT molecular complexity index is 738. The van der Waals surface area contributed by atoms with Crippen molar-refractivity contribution in [3.8, 4) is 0 Å². The van der Waals surface area contributed by atoms with E-state index in [2.05, 4.69) is 4.98 Å². The van der Waals surface area contributed by atoms with E-state index in [1.807, 2.05) is 15.7 Å². The number of hydrogen-bond donors (Lipinski definition) is 0. The number of hydrogen-bond acceptors (Lipinski definition) is 6. The van der Waals surface area contributed by atoms with Crippen molar-refractivity contribution in [2.75, 3.05) is 18.0 Å². The topological polar surface area (TPSA) is 107 Å². The van der Waals surface area contributed by atoms with Crippen molar-refractivity contribution in [2.24, 2.45) is 5.92 Å². The van der Waals surface area contributed by atoms with Gasteiger partial charge in [0.25, 0.3) is 11.4 Å². The number of nitro groups is 2. The maximum atomic E-state index is 11.3. The first kappa shape index (κ1) is 15.9. The number of non-ortho nitro benzene ring substituents is 1. The van der Waals surface area contributed by atoms with Crippen LogP contribution in [0.3, 0.4) is 0 Å². The second-order valence-electron chi connectivity index (χ2n) is 5.88. The molecule has 2 heterocycles. The molecule has 9 heteroatoms. The van der Waals surface area contributed by atoms with Gasteiger partial charge >= 0.3 is 0 Å². The molecule has 0 aliphatic carbocycles. The van der Waals surface area contributed by atoms with Crippen LogP contribution in [0, 0.1) is 26.1 Å². The molecular weight excluding hydrogens is 314 g/mol. The minimum atomic E-state index is -0.617. The molecule has 24 heavy (non-hydrogen) atoms. The molecule has 1 aromatic carbocycles. The van der Waals surface area contributed by atoms with Gasteiger partial charge in [0.1, 0.15) is 5.69 Å². The van der Waals surface area contributed by atoms with Crippen molar-refractivity contribution in [3.05, 3.63) is 57.1 Å². The lowest BCUT2D eigenvalue weighted by Gasteiger charge is -2.33. The first-order chi connectivity index (χ1) is 11.5. The van der Waals surface area contributed by atoms with Crippen molar-refractivity contribution < 1.29 is 9.85 Å². The highest BCUT2D eigenvalue weighted by Gasteiger charge is 2.27. The van der Waals surface area contributed by atoms with E-state index in [0.29, 0.717) is 24.7 Å². The fourth-order valence-electron chi connectivity index (χ4n) is 3.09. The van der Waals surface area contributed by atoms with Gasteiger partial charge in [-0.3, -0.25) is 20.2 Å². The third kappa shape index (κ3) is 3.34. The van der Waals surface area contributed by atoms with Gasteiger partial charge in [-0.1, -0.05) is 0 Å². The Hall–Kier alpha value is -2.97. The van der Waals surface area contributed by atoms with E-state index in [0.717, 1.165) is 25.5 Å². The zero-order valence-electron chi connectivity index (χ0n) is 12.9. The Morgan fingerprint density at radius 3 is 2.50 bits per heavy atom. The van der Waals surface area contributed by atoms with Crippen molar-refractivity contribution >= 4 is 17.1 Å². The summed E-state index contributed by atoms with van der Waals surface area (Å²) in [6, 6.07) is 3.83. The van der Waals surface area contributed by atoms with Gasteiger partial charge in [0.15, 0.2) is 0 Å². The number of rotatable bonds is 5. The Morgan fingerprint density at radius 2 is 1.92 bits per heavy atom. The van der Waals surface area contributed by atoms with Crippen molar-refractivity contribution in [1.29, 1.82) is 0 Å². The molecule has 0 unspecified atom stereocenters. The summed E-state index contributed by atoms with van der Waals surface area (Å²) in [4.78, 5) is 26.9. The molecule has 1 aromatic heterocycles.